The van der Waals surface area contributed by atoms with Gasteiger partial charge in [0.15, 0.2) is 10.1 Å². The summed E-state index contributed by atoms with van der Waals surface area (Å²) in [6, 6.07) is 0. The second-order valence-electron chi connectivity index (χ2n) is 4.37. The molecule has 0 radical (unpaired) electrons. The van der Waals surface area contributed by atoms with Gasteiger partial charge in [0, 0.05) is 11.8 Å². The van der Waals surface area contributed by atoms with Crippen LogP contribution in [0.2, 0.25) is 0 Å². The molecular weight excluding hydrogens is 195 g/mol. The van der Waals surface area contributed by atoms with Gasteiger partial charge in [-0.25, -0.2) is 0 Å². The minimum absolute atomic E-state index is 0.100. The Morgan fingerprint density at radius 3 is 2.58 bits per heavy atom. The molecule has 0 N–H and O–H groups in total. The van der Waals surface area contributed by atoms with Gasteiger partial charge in [-0.05, 0) is 31.1 Å². The van der Waals surface area contributed by atoms with Crippen LogP contribution >= 0.6 is 23.2 Å². The zero-order valence-electron chi connectivity index (χ0n) is 6.59. The van der Waals surface area contributed by atoms with Crippen LogP contribution in [0.1, 0.15) is 19.3 Å². The van der Waals surface area contributed by atoms with Crippen molar-refractivity contribution in [3.8, 4) is 0 Å². The van der Waals surface area contributed by atoms with Gasteiger partial charge in [0.05, 0.1) is 0 Å². The van der Waals surface area contributed by atoms with Crippen molar-refractivity contribution in [3.05, 3.63) is 0 Å². The van der Waals surface area contributed by atoms with Crippen molar-refractivity contribution in [2.24, 2.45) is 23.7 Å². The predicted molar refractivity (Wildman–Crippen MR) is 47.3 cm³/mol. The molecular formula is C9H10Cl2O. The lowest BCUT2D eigenvalue weighted by Crippen LogP contribution is -2.58. The molecule has 0 heterocycles. The van der Waals surface area contributed by atoms with Gasteiger partial charge in [-0.2, -0.15) is 0 Å². The smallest absolute Gasteiger partial charge is 0.179 e. The van der Waals surface area contributed by atoms with E-state index in [-0.39, 0.29) is 11.7 Å². The zero-order valence-corrected chi connectivity index (χ0v) is 8.11. The Labute approximate surface area is 81.4 Å². The lowest BCUT2D eigenvalue weighted by atomic mass is 9.64. The van der Waals surface area contributed by atoms with E-state index in [1.54, 1.807) is 0 Å². The minimum Gasteiger partial charge on any atom is -0.296 e. The number of fused-ring (bicyclic) bond motifs is 5. The summed E-state index contributed by atoms with van der Waals surface area (Å²) >= 11 is 11.9. The summed E-state index contributed by atoms with van der Waals surface area (Å²) in [4.78, 5) is 11.5. The summed E-state index contributed by atoms with van der Waals surface area (Å²) < 4.78 is -1.01. The fourth-order valence-electron chi connectivity index (χ4n) is 3.48. The number of halogens is 2. The highest BCUT2D eigenvalue weighted by atomic mass is 35.5. The van der Waals surface area contributed by atoms with Gasteiger partial charge in [-0.3, -0.25) is 4.79 Å². The van der Waals surface area contributed by atoms with Crippen LogP contribution in [0.15, 0.2) is 0 Å². The van der Waals surface area contributed by atoms with Crippen molar-refractivity contribution in [2.75, 3.05) is 0 Å². The van der Waals surface area contributed by atoms with E-state index in [1.807, 2.05) is 0 Å². The van der Waals surface area contributed by atoms with Gasteiger partial charge in [0.2, 0.25) is 0 Å². The Morgan fingerprint density at radius 1 is 1.25 bits per heavy atom. The Balaban J connectivity index is 1.99. The average molecular weight is 205 g/mol. The van der Waals surface area contributed by atoms with Crippen molar-refractivity contribution in [1.82, 2.24) is 0 Å². The first kappa shape index (κ1) is 7.64. The third-order valence-corrected chi connectivity index (χ3v) is 4.84. The molecule has 12 heavy (non-hydrogen) atoms. The normalized spacial score (nSPS) is 53.7. The molecule has 3 heteroatoms. The van der Waals surface area contributed by atoms with E-state index in [2.05, 4.69) is 0 Å². The molecule has 0 spiro atoms. The molecule has 0 aromatic heterocycles. The van der Waals surface area contributed by atoms with E-state index in [0.717, 1.165) is 0 Å². The van der Waals surface area contributed by atoms with Crippen LogP contribution in [-0.4, -0.2) is 10.1 Å². The average Bonchev–Trinajstić information content (AvgIpc) is 2.59. The molecule has 3 fully saturated rings. The molecule has 0 amide bonds. The van der Waals surface area contributed by atoms with Gasteiger partial charge in [-0.1, -0.05) is 23.2 Å². The van der Waals surface area contributed by atoms with Crippen LogP contribution < -0.4 is 0 Å². The maximum Gasteiger partial charge on any atom is 0.179 e. The quantitative estimate of drug-likeness (QED) is 0.555. The van der Waals surface area contributed by atoms with Crippen molar-refractivity contribution in [2.45, 2.75) is 23.6 Å². The van der Waals surface area contributed by atoms with E-state index in [9.17, 15) is 4.79 Å². The third-order valence-electron chi connectivity index (χ3n) is 3.97. The van der Waals surface area contributed by atoms with Crippen LogP contribution in [0, 0.1) is 23.7 Å². The standard InChI is InChI=1S/C9H10Cl2O/c10-9(11)7-5-2-1-4(3-5)6(7)8(9)12/h4-7H,1-3H2/t4-,5+,6+,7-/m0/s1. The molecule has 2 bridgehead atoms. The summed E-state index contributed by atoms with van der Waals surface area (Å²) in [5, 5.41) is 0. The predicted octanol–water partition coefficient (Wildman–Crippen LogP) is 2.41. The lowest BCUT2D eigenvalue weighted by molar-refractivity contribution is -0.138. The van der Waals surface area contributed by atoms with E-state index in [0.29, 0.717) is 17.8 Å². The van der Waals surface area contributed by atoms with Gasteiger partial charge < -0.3 is 0 Å². The molecule has 0 aliphatic heterocycles. The Hall–Kier alpha value is 0.250. The van der Waals surface area contributed by atoms with Crippen molar-refractivity contribution < 1.29 is 4.79 Å². The van der Waals surface area contributed by atoms with E-state index in [1.165, 1.54) is 19.3 Å². The SMILES string of the molecule is O=C1[C@@H]2[C@H]3CC[C@H](C3)[C@@H]2C1(Cl)Cl. The molecule has 1 nitrogen and oxygen atoms in total. The topological polar surface area (TPSA) is 17.1 Å². The Bertz CT molecular complexity index is 261. The molecule has 3 aliphatic rings. The maximum absolute atomic E-state index is 11.5. The summed E-state index contributed by atoms with van der Waals surface area (Å²) in [5.41, 5.74) is 0. The highest BCUT2D eigenvalue weighted by Crippen LogP contribution is 2.66. The zero-order chi connectivity index (χ0) is 8.51. The number of alkyl halides is 2. The van der Waals surface area contributed by atoms with Crippen LogP contribution in [0.4, 0.5) is 0 Å². The van der Waals surface area contributed by atoms with E-state index < -0.39 is 4.33 Å². The largest absolute Gasteiger partial charge is 0.296 e. The fraction of sp³-hybridized carbons (Fsp3) is 0.889. The van der Waals surface area contributed by atoms with Crippen molar-refractivity contribution in [3.63, 3.8) is 0 Å². The molecule has 0 aromatic carbocycles. The monoisotopic (exact) mass is 204 g/mol. The van der Waals surface area contributed by atoms with E-state index >= 15 is 0 Å². The van der Waals surface area contributed by atoms with Crippen LogP contribution in [0.25, 0.3) is 0 Å². The molecule has 3 saturated carbocycles. The third kappa shape index (κ3) is 0.632. The molecule has 3 aliphatic carbocycles. The number of ketones is 1. The highest BCUT2D eigenvalue weighted by Gasteiger charge is 2.69. The molecule has 0 saturated heterocycles. The fourth-order valence-corrected chi connectivity index (χ4v) is 4.36. The first-order valence-corrected chi connectivity index (χ1v) is 5.30. The lowest BCUT2D eigenvalue weighted by Gasteiger charge is -2.47. The number of carbonyl (C=O) groups excluding carboxylic acids is 1. The van der Waals surface area contributed by atoms with Gasteiger partial charge in [-0.15, -0.1) is 0 Å². The minimum atomic E-state index is -1.01. The summed E-state index contributed by atoms with van der Waals surface area (Å²) in [5.74, 6) is 1.90. The van der Waals surface area contributed by atoms with Crippen LogP contribution in [0.3, 0.4) is 0 Å². The molecule has 0 unspecified atom stereocenters. The Morgan fingerprint density at radius 2 is 1.92 bits per heavy atom. The highest BCUT2D eigenvalue weighted by molar-refractivity contribution is 6.61. The summed E-state index contributed by atoms with van der Waals surface area (Å²) in [6.45, 7) is 0. The summed E-state index contributed by atoms with van der Waals surface area (Å²) in [7, 11) is 0. The second kappa shape index (κ2) is 2.01. The molecule has 3 rings (SSSR count). The summed E-state index contributed by atoms with van der Waals surface area (Å²) in [6.07, 6.45) is 3.66. The number of carbonyl (C=O) groups is 1. The van der Waals surface area contributed by atoms with Crippen LogP contribution in [0.5, 0.6) is 0 Å². The van der Waals surface area contributed by atoms with Crippen LogP contribution in [-0.2, 0) is 4.79 Å². The molecule has 0 aromatic rings. The number of hydrogen-bond acceptors (Lipinski definition) is 1. The maximum atomic E-state index is 11.5. The van der Waals surface area contributed by atoms with Crippen molar-refractivity contribution in [1.29, 1.82) is 0 Å². The Kier molecular flexibility index (Phi) is 1.28. The first-order valence-electron chi connectivity index (χ1n) is 4.54. The molecule has 66 valence electrons. The number of hydrogen-bond donors (Lipinski definition) is 0. The van der Waals surface area contributed by atoms with Gasteiger partial charge >= 0.3 is 0 Å². The van der Waals surface area contributed by atoms with Gasteiger partial charge in [0.25, 0.3) is 0 Å². The number of Topliss-reactive ketones (excluding diaryl/α,β-unsaturated/α-hetero) is 1. The number of rotatable bonds is 0. The van der Waals surface area contributed by atoms with E-state index in [4.69, 9.17) is 23.2 Å². The molecule has 4 atom stereocenters. The van der Waals surface area contributed by atoms with Crippen molar-refractivity contribution >= 4 is 29.0 Å². The first-order chi connectivity index (χ1) is 5.62. The van der Waals surface area contributed by atoms with Gasteiger partial charge in [0.1, 0.15) is 0 Å². The second-order valence-corrected chi connectivity index (χ2v) is 5.76.